The maximum absolute atomic E-state index is 12.3. The predicted octanol–water partition coefficient (Wildman–Crippen LogP) is 3.06. The molecule has 0 bridgehead atoms. The van der Waals surface area contributed by atoms with Crippen molar-refractivity contribution in [1.82, 2.24) is 0 Å². The van der Waals surface area contributed by atoms with Crippen LogP contribution in [0.25, 0.3) is 0 Å². The van der Waals surface area contributed by atoms with Crippen LogP contribution in [0.15, 0.2) is 18.2 Å². The van der Waals surface area contributed by atoms with E-state index in [1.54, 1.807) is 20.8 Å². The molecule has 0 aliphatic heterocycles. The zero-order chi connectivity index (χ0) is 25.4. The normalized spacial score (nSPS) is 13.8. The number of ether oxygens (including phenoxy) is 5. The summed E-state index contributed by atoms with van der Waals surface area (Å²) in [6, 6.07) is 4.03. The van der Waals surface area contributed by atoms with E-state index in [0.717, 1.165) is 14.2 Å². The molecule has 1 aromatic rings. The van der Waals surface area contributed by atoms with Gasteiger partial charge in [0.15, 0.2) is 11.5 Å². The lowest BCUT2D eigenvalue weighted by Crippen LogP contribution is -2.52. The first-order valence-corrected chi connectivity index (χ1v) is 10.2. The molecule has 2 atom stereocenters. The summed E-state index contributed by atoms with van der Waals surface area (Å²) in [6.45, 7) is 6.87. The Labute approximate surface area is 192 Å². The molecule has 1 rings (SSSR count). The van der Waals surface area contributed by atoms with E-state index >= 15 is 0 Å². The average molecular weight is 469 g/mol. The highest BCUT2D eigenvalue weighted by Crippen LogP contribution is 2.31. The van der Waals surface area contributed by atoms with Gasteiger partial charge >= 0.3 is 24.2 Å². The molecule has 0 aromatic heterocycles. The monoisotopic (exact) mass is 469 g/mol. The highest BCUT2D eigenvalue weighted by atomic mass is 16.7. The van der Waals surface area contributed by atoms with E-state index in [-0.39, 0.29) is 24.3 Å². The minimum atomic E-state index is -1.82. The summed E-state index contributed by atoms with van der Waals surface area (Å²) in [5, 5.41) is 9.78. The van der Waals surface area contributed by atoms with Gasteiger partial charge in [0.25, 0.3) is 0 Å². The molecule has 1 aromatic carbocycles. The fourth-order valence-electron chi connectivity index (χ4n) is 2.73. The van der Waals surface area contributed by atoms with E-state index in [1.165, 1.54) is 18.2 Å². The van der Waals surface area contributed by atoms with Gasteiger partial charge in [-0.05, 0) is 44.9 Å². The van der Waals surface area contributed by atoms with Crippen molar-refractivity contribution in [2.75, 3.05) is 14.2 Å². The quantitative estimate of drug-likeness (QED) is 0.294. The van der Waals surface area contributed by atoms with Gasteiger partial charge in [-0.3, -0.25) is 9.59 Å². The Balaban J connectivity index is 3.15. The first-order chi connectivity index (χ1) is 15.3. The van der Waals surface area contributed by atoms with Gasteiger partial charge in [-0.1, -0.05) is 13.0 Å². The Hall–Kier alpha value is -3.34. The van der Waals surface area contributed by atoms with Crippen molar-refractivity contribution < 1.29 is 48.0 Å². The third-order valence-corrected chi connectivity index (χ3v) is 5.07. The molecule has 33 heavy (non-hydrogen) atoms. The summed E-state index contributed by atoms with van der Waals surface area (Å²) in [5.74, 6) is -2.13. The van der Waals surface area contributed by atoms with Crippen LogP contribution < -0.4 is 15.2 Å². The van der Waals surface area contributed by atoms with Crippen molar-refractivity contribution in [2.45, 2.75) is 58.6 Å². The van der Waals surface area contributed by atoms with Crippen LogP contribution in [0.5, 0.6) is 11.5 Å². The van der Waals surface area contributed by atoms with E-state index in [9.17, 15) is 24.3 Å². The number of esters is 1. The molecule has 3 N–H and O–H groups in total. The molecule has 0 aliphatic carbocycles. The fourth-order valence-corrected chi connectivity index (χ4v) is 2.73. The Kier molecular flexibility index (Phi) is 9.65. The summed E-state index contributed by atoms with van der Waals surface area (Å²) in [4.78, 5) is 47.3. The lowest BCUT2D eigenvalue weighted by molar-refractivity contribution is -0.161. The van der Waals surface area contributed by atoms with Crippen LogP contribution in [-0.4, -0.2) is 55.2 Å². The van der Waals surface area contributed by atoms with Crippen molar-refractivity contribution in [3.8, 4) is 11.5 Å². The summed E-state index contributed by atoms with van der Waals surface area (Å²) < 4.78 is 24.2. The number of carbonyl (C=O) groups is 4. The van der Waals surface area contributed by atoms with E-state index in [1.807, 2.05) is 6.92 Å². The van der Waals surface area contributed by atoms with E-state index in [2.05, 4.69) is 9.47 Å². The Morgan fingerprint density at radius 2 is 1.58 bits per heavy atom. The van der Waals surface area contributed by atoms with Crippen molar-refractivity contribution in [3.63, 3.8) is 0 Å². The third-order valence-electron chi connectivity index (χ3n) is 5.07. The average Bonchev–Trinajstić information content (AvgIpc) is 2.74. The van der Waals surface area contributed by atoms with Crippen molar-refractivity contribution in [1.29, 1.82) is 0 Å². The fraction of sp³-hybridized carbons (Fsp3) is 0.545. The summed E-state index contributed by atoms with van der Waals surface area (Å²) >= 11 is 0. The SMILES string of the molecule is CCC(C)(C)C(=O)O[C@@H](C)CC(N)(Cc1ccc(OC(=O)OC)c(OC(=O)OC)c1)C(=O)O. The van der Waals surface area contributed by atoms with Gasteiger partial charge in [-0.2, -0.15) is 0 Å². The van der Waals surface area contributed by atoms with Crippen molar-refractivity contribution >= 4 is 24.2 Å². The molecule has 11 heteroatoms. The van der Waals surface area contributed by atoms with Crippen LogP contribution in [0, 0.1) is 5.41 Å². The number of hydrogen-bond acceptors (Lipinski definition) is 10. The minimum absolute atomic E-state index is 0.155. The number of nitrogens with two attached hydrogens (primary N) is 1. The minimum Gasteiger partial charge on any atom is -0.480 e. The van der Waals surface area contributed by atoms with Gasteiger partial charge in [-0.15, -0.1) is 0 Å². The van der Waals surface area contributed by atoms with Gasteiger partial charge in [0.1, 0.15) is 11.6 Å². The summed E-state index contributed by atoms with van der Waals surface area (Å²) in [5.41, 5.74) is 4.00. The van der Waals surface area contributed by atoms with Gasteiger partial charge in [0.2, 0.25) is 0 Å². The number of aliphatic carboxylic acids is 1. The Morgan fingerprint density at radius 1 is 1.03 bits per heavy atom. The smallest absolute Gasteiger partial charge is 0.480 e. The zero-order valence-electron chi connectivity index (χ0n) is 19.6. The van der Waals surface area contributed by atoms with Gasteiger partial charge in [0.05, 0.1) is 19.6 Å². The van der Waals surface area contributed by atoms with Gasteiger partial charge < -0.3 is 34.5 Å². The van der Waals surface area contributed by atoms with Gasteiger partial charge in [-0.25, -0.2) is 9.59 Å². The molecule has 0 radical (unpaired) electrons. The molecule has 11 nitrogen and oxygen atoms in total. The van der Waals surface area contributed by atoms with Crippen LogP contribution in [0.3, 0.4) is 0 Å². The second kappa shape index (κ2) is 11.5. The Bertz CT molecular complexity index is 882. The number of carbonyl (C=O) groups excluding carboxylic acids is 3. The lowest BCUT2D eigenvalue weighted by atomic mass is 9.86. The molecule has 1 unspecified atom stereocenters. The summed E-state index contributed by atoms with van der Waals surface area (Å²) in [7, 11) is 2.19. The topological polar surface area (TPSA) is 161 Å². The predicted molar refractivity (Wildman–Crippen MR) is 115 cm³/mol. The molecular weight excluding hydrogens is 438 g/mol. The number of methoxy groups -OCH3 is 2. The van der Waals surface area contributed by atoms with Crippen LogP contribution in [0.4, 0.5) is 9.59 Å². The standard InChI is InChI=1S/C22H31NO10/c1-7-21(3,4)18(26)31-13(2)11-22(23,17(24)25)12-14-8-9-15(32-19(27)29-5)16(10-14)33-20(28)30-6/h8-10,13H,7,11-12,23H2,1-6H3,(H,24,25)/t13-,22?/m0/s1. The van der Waals surface area contributed by atoms with Crippen LogP contribution in [-0.2, 0) is 30.2 Å². The third kappa shape index (κ3) is 7.94. The Morgan fingerprint density at radius 3 is 2.06 bits per heavy atom. The number of hydrogen-bond donors (Lipinski definition) is 2. The molecule has 0 aliphatic rings. The van der Waals surface area contributed by atoms with Crippen LogP contribution in [0.2, 0.25) is 0 Å². The summed E-state index contributed by atoms with van der Waals surface area (Å²) in [6.07, 6.45) is -2.76. The van der Waals surface area contributed by atoms with E-state index in [0.29, 0.717) is 12.0 Å². The highest BCUT2D eigenvalue weighted by molar-refractivity contribution is 5.79. The van der Waals surface area contributed by atoms with Crippen LogP contribution in [0.1, 0.15) is 46.1 Å². The molecular formula is C22H31NO10. The number of rotatable bonds is 10. The second-order valence-corrected chi connectivity index (χ2v) is 8.19. The molecule has 0 saturated heterocycles. The maximum atomic E-state index is 12.3. The molecule has 0 fully saturated rings. The molecule has 0 spiro atoms. The second-order valence-electron chi connectivity index (χ2n) is 8.19. The van der Waals surface area contributed by atoms with Gasteiger partial charge in [0, 0.05) is 12.8 Å². The first-order valence-electron chi connectivity index (χ1n) is 10.2. The van der Waals surface area contributed by atoms with Crippen molar-refractivity contribution in [3.05, 3.63) is 23.8 Å². The maximum Gasteiger partial charge on any atom is 0.513 e. The number of carboxylic acids is 1. The molecule has 184 valence electrons. The molecule has 0 saturated carbocycles. The lowest BCUT2D eigenvalue weighted by Gasteiger charge is -2.30. The largest absolute Gasteiger partial charge is 0.513 e. The van der Waals surface area contributed by atoms with Crippen molar-refractivity contribution in [2.24, 2.45) is 11.1 Å². The molecule has 0 amide bonds. The van der Waals surface area contributed by atoms with Crippen LogP contribution >= 0.6 is 0 Å². The highest BCUT2D eigenvalue weighted by Gasteiger charge is 2.38. The van der Waals surface area contributed by atoms with E-state index < -0.39 is 41.3 Å². The number of benzene rings is 1. The first kappa shape index (κ1) is 27.7. The van der Waals surface area contributed by atoms with E-state index in [4.69, 9.17) is 19.9 Å². The molecule has 0 heterocycles. The number of carboxylic acid groups (broad SMARTS) is 1. The zero-order valence-corrected chi connectivity index (χ0v) is 19.6.